The van der Waals surface area contributed by atoms with Gasteiger partial charge in [0.25, 0.3) is 10.0 Å². The molecule has 0 aliphatic heterocycles. The molecule has 0 aromatic carbocycles. The van der Waals surface area contributed by atoms with Gasteiger partial charge in [-0.05, 0) is 30.9 Å². The van der Waals surface area contributed by atoms with Gasteiger partial charge in [-0.25, -0.2) is 8.42 Å². The zero-order valence-corrected chi connectivity index (χ0v) is 12.3. The van der Waals surface area contributed by atoms with Crippen LogP contribution in [0.5, 0.6) is 0 Å². The van der Waals surface area contributed by atoms with Crippen molar-refractivity contribution in [1.29, 1.82) is 0 Å². The molecule has 2 rings (SSSR count). The minimum atomic E-state index is -3.46. The van der Waals surface area contributed by atoms with Crippen molar-refractivity contribution >= 4 is 27.3 Å². The Labute approximate surface area is 116 Å². The first-order valence-electron chi connectivity index (χ1n) is 6.24. The van der Waals surface area contributed by atoms with Crippen LogP contribution in [0.15, 0.2) is 16.3 Å². The highest BCUT2D eigenvalue weighted by molar-refractivity contribution is 7.91. The van der Waals surface area contributed by atoms with Crippen molar-refractivity contribution in [3.63, 3.8) is 0 Å². The lowest BCUT2D eigenvalue weighted by Crippen LogP contribution is -2.32. The number of carbonyl (C=O) groups is 1. The molecule has 1 aliphatic rings. The first-order valence-corrected chi connectivity index (χ1v) is 8.49. The van der Waals surface area contributed by atoms with Crippen molar-refractivity contribution < 1.29 is 18.3 Å². The third-order valence-corrected chi connectivity index (χ3v) is 6.56. The molecule has 0 spiro atoms. The van der Waals surface area contributed by atoms with Gasteiger partial charge in [0.1, 0.15) is 4.21 Å². The predicted octanol–water partition coefficient (Wildman–Crippen LogP) is 1.80. The van der Waals surface area contributed by atoms with Crippen LogP contribution in [-0.2, 0) is 21.2 Å². The van der Waals surface area contributed by atoms with E-state index in [1.165, 1.54) is 10.4 Å². The maximum absolute atomic E-state index is 12.4. The van der Waals surface area contributed by atoms with E-state index in [1.807, 2.05) is 6.92 Å². The first kappa shape index (κ1) is 14.5. The normalized spacial score (nSPS) is 15.9. The van der Waals surface area contributed by atoms with E-state index in [9.17, 15) is 13.2 Å². The molecule has 1 N–H and O–H groups in total. The van der Waals surface area contributed by atoms with E-state index in [1.54, 1.807) is 6.07 Å². The van der Waals surface area contributed by atoms with Gasteiger partial charge in [-0.2, -0.15) is 4.31 Å². The third-order valence-electron chi connectivity index (χ3n) is 3.07. The maximum Gasteiger partial charge on any atom is 0.308 e. The van der Waals surface area contributed by atoms with Gasteiger partial charge < -0.3 is 5.11 Å². The van der Waals surface area contributed by atoms with Gasteiger partial charge in [-0.3, -0.25) is 4.79 Å². The molecule has 5 nitrogen and oxygen atoms in total. The van der Waals surface area contributed by atoms with E-state index >= 15 is 0 Å². The lowest BCUT2D eigenvalue weighted by atomic mass is 10.3. The smallest absolute Gasteiger partial charge is 0.308 e. The molecule has 1 fully saturated rings. The monoisotopic (exact) mass is 303 g/mol. The van der Waals surface area contributed by atoms with E-state index < -0.39 is 16.0 Å². The molecule has 0 bridgehead atoms. The highest BCUT2D eigenvalue weighted by Crippen LogP contribution is 2.32. The molecule has 1 saturated carbocycles. The number of aliphatic carboxylic acids is 1. The van der Waals surface area contributed by atoms with Crippen molar-refractivity contribution in [1.82, 2.24) is 4.31 Å². The number of thiophene rings is 1. The predicted molar refractivity (Wildman–Crippen MR) is 72.8 cm³/mol. The number of sulfonamides is 1. The summed E-state index contributed by atoms with van der Waals surface area (Å²) in [6, 6.07) is 3.09. The second-order valence-electron chi connectivity index (χ2n) is 4.69. The van der Waals surface area contributed by atoms with E-state index in [-0.39, 0.29) is 10.6 Å². The largest absolute Gasteiger partial charge is 0.481 e. The average Bonchev–Trinajstić information content (AvgIpc) is 3.03. The van der Waals surface area contributed by atoms with E-state index in [0.29, 0.717) is 23.9 Å². The van der Waals surface area contributed by atoms with Gasteiger partial charge in [-0.1, -0.05) is 6.92 Å². The van der Waals surface area contributed by atoms with Crippen LogP contribution >= 0.6 is 11.3 Å². The van der Waals surface area contributed by atoms with Crippen LogP contribution in [-0.4, -0.2) is 36.9 Å². The molecule has 0 radical (unpaired) electrons. The van der Waals surface area contributed by atoms with Crippen LogP contribution < -0.4 is 0 Å². The lowest BCUT2D eigenvalue weighted by Gasteiger charge is -2.19. The maximum atomic E-state index is 12.4. The van der Waals surface area contributed by atoms with Gasteiger partial charge in [0.05, 0.1) is 6.42 Å². The van der Waals surface area contributed by atoms with Gasteiger partial charge >= 0.3 is 5.97 Å². The van der Waals surface area contributed by atoms with Gasteiger partial charge in [0.2, 0.25) is 0 Å². The summed E-state index contributed by atoms with van der Waals surface area (Å²) in [5, 5.41) is 8.71. The first-order chi connectivity index (χ1) is 8.93. The molecule has 0 amide bonds. The minimum absolute atomic E-state index is 0.130. The van der Waals surface area contributed by atoms with Crippen LogP contribution in [0.4, 0.5) is 0 Å². The molecule has 1 heterocycles. The van der Waals surface area contributed by atoms with E-state index in [0.717, 1.165) is 24.2 Å². The van der Waals surface area contributed by atoms with Crippen molar-refractivity contribution in [2.45, 2.75) is 30.4 Å². The Morgan fingerprint density at radius 3 is 2.68 bits per heavy atom. The fourth-order valence-corrected chi connectivity index (χ4v) is 4.88. The van der Waals surface area contributed by atoms with Crippen molar-refractivity contribution in [2.24, 2.45) is 5.92 Å². The second-order valence-corrected chi connectivity index (χ2v) is 8.02. The molecular weight excluding hydrogens is 286 g/mol. The SMILES string of the molecule is CCN(CC1CC1)S(=O)(=O)c1ccc(CC(=O)O)s1. The van der Waals surface area contributed by atoms with Gasteiger partial charge in [0, 0.05) is 18.0 Å². The van der Waals surface area contributed by atoms with E-state index in [2.05, 4.69) is 0 Å². The minimum Gasteiger partial charge on any atom is -0.481 e. The Morgan fingerprint density at radius 2 is 2.16 bits per heavy atom. The fourth-order valence-electron chi connectivity index (χ4n) is 1.85. The Morgan fingerprint density at radius 1 is 1.47 bits per heavy atom. The van der Waals surface area contributed by atoms with Crippen LogP contribution in [0.2, 0.25) is 0 Å². The number of rotatable bonds is 7. The summed E-state index contributed by atoms with van der Waals surface area (Å²) >= 11 is 1.05. The molecule has 0 saturated heterocycles. The molecule has 0 atom stereocenters. The summed E-state index contributed by atoms with van der Waals surface area (Å²) in [7, 11) is -3.46. The van der Waals surface area contributed by atoms with Crippen molar-refractivity contribution in [2.75, 3.05) is 13.1 Å². The third kappa shape index (κ3) is 3.55. The number of hydrogen-bond acceptors (Lipinski definition) is 4. The van der Waals surface area contributed by atoms with Crippen molar-refractivity contribution in [3.05, 3.63) is 17.0 Å². The Kier molecular flexibility index (Phi) is 4.27. The molecular formula is C12H17NO4S2. The molecule has 1 aromatic rings. The van der Waals surface area contributed by atoms with Crippen LogP contribution in [0.25, 0.3) is 0 Å². The molecule has 7 heteroatoms. The standard InChI is InChI=1S/C12H17NO4S2/c1-2-13(8-9-3-4-9)19(16,17)12-6-5-10(18-12)7-11(14)15/h5-6,9H,2-4,7-8H2,1H3,(H,14,15). The molecule has 1 aromatic heterocycles. The summed E-state index contributed by atoms with van der Waals surface area (Å²) in [6.45, 7) is 2.85. The Hall–Kier alpha value is -0.920. The zero-order chi connectivity index (χ0) is 14.0. The molecule has 106 valence electrons. The molecule has 1 aliphatic carbocycles. The summed E-state index contributed by atoms with van der Waals surface area (Å²) < 4.78 is 26.6. The number of hydrogen-bond donors (Lipinski definition) is 1. The highest BCUT2D eigenvalue weighted by atomic mass is 32.2. The van der Waals surface area contributed by atoms with Gasteiger partial charge in [0.15, 0.2) is 0 Å². The fraction of sp³-hybridized carbons (Fsp3) is 0.583. The van der Waals surface area contributed by atoms with Crippen LogP contribution in [0.3, 0.4) is 0 Å². The summed E-state index contributed by atoms with van der Waals surface area (Å²) in [5.41, 5.74) is 0. The second kappa shape index (κ2) is 5.60. The van der Waals surface area contributed by atoms with Crippen LogP contribution in [0.1, 0.15) is 24.6 Å². The quantitative estimate of drug-likeness (QED) is 0.833. The molecule has 19 heavy (non-hydrogen) atoms. The lowest BCUT2D eigenvalue weighted by molar-refractivity contribution is -0.136. The summed E-state index contributed by atoms with van der Waals surface area (Å²) in [6.07, 6.45) is 2.07. The summed E-state index contributed by atoms with van der Waals surface area (Å²) in [4.78, 5) is 11.2. The zero-order valence-electron chi connectivity index (χ0n) is 10.7. The Bertz CT molecular complexity index is 560. The van der Waals surface area contributed by atoms with Crippen LogP contribution in [0, 0.1) is 5.92 Å². The number of carboxylic acids is 1. The van der Waals surface area contributed by atoms with Crippen molar-refractivity contribution in [3.8, 4) is 0 Å². The van der Waals surface area contributed by atoms with E-state index in [4.69, 9.17) is 5.11 Å². The topological polar surface area (TPSA) is 74.7 Å². The number of nitrogens with zero attached hydrogens (tertiary/aromatic N) is 1. The highest BCUT2D eigenvalue weighted by Gasteiger charge is 2.31. The average molecular weight is 303 g/mol. The molecule has 0 unspecified atom stereocenters. The van der Waals surface area contributed by atoms with Gasteiger partial charge in [-0.15, -0.1) is 11.3 Å². The Balaban J connectivity index is 2.16. The number of carboxylic acid groups (broad SMARTS) is 1. The summed E-state index contributed by atoms with van der Waals surface area (Å²) in [5.74, 6) is -0.454.